The molecule has 3 aliphatic rings. The van der Waals surface area contributed by atoms with Crippen LogP contribution in [0.25, 0.3) is 0 Å². The number of allylic oxidation sites excluding steroid dienone is 2. The van der Waals surface area contributed by atoms with Crippen molar-refractivity contribution in [1.29, 1.82) is 0 Å². The average Bonchev–Trinajstić information content (AvgIpc) is 2.72. The van der Waals surface area contributed by atoms with Crippen LogP contribution in [0.15, 0.2) is 24.3 Å². The smallest absolute Gasteiger partial charge is 0.303 e. The number of hydrogen-bond donors (Lipinski definition) is 1. The topological polar surface area (TPSA) is 54.4 Å². The van der Waals surface area contributed by atoms with Crippen LogP contribution in [0.4, 0.5) is 0 Å². The molecule has 1 spiro atoms. The summed E-state index contributed by atoms with van der Waals surface area (Å²) < 4.78 is 0. The van der Waals surface area contributed by atoms with Gasteiger partial charge in [0.05, 0.1) is 0 Å². The highest BCUT2D eigenvalue weighted by Crippen LogP contribution is 2.67. The lowest BCUT2D eigenvalue weighted by molar-refractivity contribution is -0.153. The van der Waals surface area contributed by atoms with E-state index in [4.69, 9.17) is 0 Å². The zero-order chi connectivity index (χ0) is 17.0. The van der Waals surface area contributed by atoms with Gasteiger partial charge >= 0.3 is 5.97 Å². The largest absolute Gasteiger partial charge is 0.481 e. The minimum absolute atomic E-state index is 0.107. The monoisotopic (exact) mass is 316 g/mol. The molecule has 0 aromatic carbocycles. The van der Waals surface area contributed by atoms with E-state index < -0.39 is 5.97 Å². The summed E-state index contributed by atoms with van der Waals surface area (Å²) in [6, 6.07) is 0. The van der Waals surface area contributed by atoms with E-state index in [1.54, 1.807) is 0 Å². The Balaban J connectivity index is 2.02. The first-order valence-corrected chi connectivity index (χ1v) is 8.79. The van der Waals surface area contributed by atoms with E-state index >= 15 is 0 Å². The third kappa shape index (κ3) is 2.31. The fraction of sp³-hybridized carbons (Fsp3) is 0.700. The molecule has 3 rings (SSSR count). The van der Waals surface area contributed by atoms with Gasteiger partial charge in [0.2, 0.25) is 0 Å². The molecular formula is C20H28O3. The SMILES string of the molecule is C=C1CC23CC1CCC2C(C)(CCC(=O)O)C(C(=C)C)CC3=O. The molecule has 0 saturated heterocycles. The molecule has 23 heavy (non-hydrogen) atoms. The number of carbonyl (C=O) groups excluding carboxylic acids is 1. The molecule has 0 aromatic rings. The third-order valence-electron chi connectivity index (χ3n) is 7.21. The molecule has 0 amide bonds. The lowest BCUT2D eigenvalue weighted by Gasteiger charge is -2.57. The van der Waals surface area contributed by atoms with Gasteiger partial charge < -0.3 is 5.11 Å². The molecule has 5 atom stereocenters. The molecule has 5 unspecified atom stereocenters. The van der Waals surface area contributed by atoms with Gasteiger partial charge in [-0.1, -0.05) is 31.2 Å². The summed E-state index contributed by atoms with van der Waals surface area (Å²) in [6.45, 7) is 12.6. The summed E-state index contributed by atoms with van der Waals surface area (Å²) in [5.41, 5.74) is 1.86. The van der Waals surface area contributed by atoms with Gasteiger partial charge in [-0.3, -0.25) is 9.59 Å². The van der Waals surface area contributed by atoms with E-state index in [2.05, 4.69) is 20.1 Å². The number of hydrogen-bond acceptors (Lipinski definition) is 2. The van der Waals surface area contributed by atoms with Gasteiger partial charge in [0.15, 0.2) is 0 Å². The molecule has 0 heterocycles. The maximum absolute atomic E-state index is 13.1. The van der Waals surface area contributed by atoms with Crippen LogP contribution < -0.4 is 0 Å². The standard InChI is InChI=1S/C20H28O3/c1-12(2)15-9-17(21)20-10-13(3)14(11-20)5-6-16(20)19(15,4)8-7-18(22)23/h14-16H,1,3,5-11H2,2,4H3,(H,22,23). The van der Waals surface area contributed by atoms with Crippen molar-refractivity contribution in [2.24, 2.45) is 28.6 Å². The van der Waals surface area contributed by atoms with Crippen molar-refractivity contribution in [3.05, 3.63) is 24.3 Å². The number of ketones is 1. The normalized spacial score (nSPS) is 42.4. The predicted molar refractivity (Wildman–Crippen MR) is 89.9 cm³/mol. The first-order chi connectivity index (χ1) is 10.7. The molecule has 1 N–H and O–H groups in total. The van der Waals surface area contributed by atoms with Crippen molar-refractivity contribution in [3.8, 4) is 0 Å². The first kappa shape index (κ1) is 16.5. The summed E-state index contributed by atoms with van der Waals surface area (Å²) in [6.07, 6.45) is 5.23. The molecule has 0 aromatic heterocycles. The highest BCUT2D eigenvalue weighted by molar-refractivity contribution is 5.88. The summed E-state index contributed by atoms with van der Waals surface area (Å²) in [7, 11) is 0. The van der Waals surface area contributed by atoms with E-state index in [0.717, 1.165) is 31.3 Å². The third-order valence-corrected chi connectivity index (χ3v) is 7.21. The maximum atomic E-state index is 13.1. The molecule has 3 fully saturated rings. The van der Waals surface area contributed by atoms with Crippen LogP contribution in [0.5, 0.6) is 0 Å². The number of carboxylic acid groups (broad SMARTS) is 1. The summed E-state index contributed by atoms with van der Waals surface area (Å²) in [4.78, 5) is 24.3. The molecule has 126 valence electrons. The lowest BCUT2D eigenvalue weighted by Crippen LogP contribution is -2.55. The lowest BCUT2D eigenvalue weighted by atomic mass is 9.45. The molecule has 3 heteroatoms. The number of aliphatic carboxylic acids is 1. The minimum Gasteiger partial charge on any atom is -0.481 e. The fourth-order valence-corrected chi connectivity index (χ4v) is 6.12. The number of carboxylic acids is 1. The Kier molecular flexibility index (Phi) is 3.81. The minimum atomic E-state index is -0.748. The van der Waals surface area contributed by atoms with Crippen molar-refractivity contribution in [2.45, 2.75) is 58.8 Å². The number of carbonyl (C=O) groups is 2. The molecule has 2 bridgehead atoms. The highest BCUT2D eigenvalue weighted by Gasteiger charge is 2.63. The first-order valence-electron chi connectivity index (χ1n) is 8.79. The summed E-state index contributed by atoms with van der Waals surface area (Å²) in [5.74, 6) is 0.511. The Morgan fingerprint density at radius 2 is 2.09 bits per heavy atom. The van der Waals surface area contributed by atoms with Crippen LogP contribution in [0, 0.1) is 28.6 Å². The Morgan fingerprint density at radius 3 is 2.70 bits per heavy atom. The molecule has 0 aliphatic heterocycles. The van der Waals surface area contributed by atoms with Gasteiger partial charge in [-0.05, 0) is 62.2 Å². The second-order valence-electron chi connectivity index (χ2n) is 8.45. The zero-order valence-electron chi connectivity index (χ0n) is 14.4. The maximum Gasteiger partial charge on any atom is 0.303 e. The van der Waals surface area contributed by atoms with Crippen LogP contribution in [-0.4, -0.2) is 16.9 Å². The Bertz CT molecular complexity index is 590. The van der Waals surface area contributed by atoms with Crippen molar-refractivity contribution >= 4 is 11.8 Å². The number of rotatable bonds is 4. The van der Waals surface area contributed by atoms with E-state index in [1.807, 2.05) is 6.92 Å². The van der Waals surface area contributed by atoms with E-state index in [0.29, 0.717) is 24.5 Å². The van der Waals surface area contributed by atoms with Gasteiger partial charge in [0.25, 0.3) is 0 Å². The zero-order valence-corrected chi connectivity index (χ0v) is 14.4. The van der Waals surface area contributed by atoms with Gasteiger partial charge in [0, 0.05) is 18.3 Å². The van der Waals surface area contributed by atoms with Crippen LogP contribution in [0.2, 0.25) is 0 Å². The molecule has 3 saturated carbocycles. The van der Waals surface area contributed by atoms with Crippen molar-refractivity contribution < 1.29 is 14.7 Å². The van der Waals surface area contributed by atoms with Crippen molar-refractivity contribution in [3.63, 3.8) is 0 Å². The Labute approximate surface area is 138 Å². The van der Waals surface area contributed by atoms with Gasteiger partial charge in [-0.15, -0.1) is 0 Å². The van der Waals surface area contributed by atoms with Gasteiger partial charge in [-0.25, -0.2) is 0 Å². The van der Waals surface area contributed by atoms with E-state index in [1.165, 1.54) is 5.57 Å². The Morgan fingerprint density at radius 1 is 1.39 bits per heavy atom. The highest BCUT2D eigenvalue weighted by atomic mass is 16.4. The predicted octanol–water partition coefficient (Wildman–Crippen LogP) is 4.39. The summed E-state index contributed by atoms with van der Waals surface area (Å²) in [5, 5.41) is 9.20. The van der Waals surface area contributed by atoms with Gasteiger partial charge in [0.1, 0.15) is 5.78 Å². The molecular weight excluding hydrogens is 288 g/mol. The quantitative estimate of drug-likeness (QED) is 0.783. The van der Waals surface area contributed by atoms with Crippen LogP contribution in [0.3, 0.4) is 0 Å². The number of fused-ring (bicyclic) bond motifs is 1. The molecule has 3 nitrogen and oxygen atoms in total. The Hall–Kier alpha value is -1.38. The van der Waals surface area contributed by atoms with E-state index in [9.17, 15) is 14.7 Å². The number of Topliss-reactive ketones (excluding diaryl/α,β-unsaturated/α-hetero) is 1. The summed E-state index contributed by atoms with van der Waals surface area (Å²) >= 11 is 0. The molecule has 3 aliphatic carbocycles. The van der Waals surface area contributed by atoms with Crippen LogP contribution in [-0.2, 0) is 9.59 Å². The van der Waals surface area contributed by atoms with E-state index in [-0.39, 0.29) is 29.1 Å². The second-order valence-corrected chi connectivity index (χ2v) is 8.45. The van der Waals surface area contributed by atoms with Crippen LogP contribution in [0.1, 0.15) is 58.8 Å². The van der Waals surface area contributed by atoms with Crippen LogP contribution >= 0.6 is 0 Å². The second kappa shape index (κ2) is 5.32. The average molecular weight is 316 g/mol. The molecule has 0 radical (unpaired) electrons. The fourth-order valence-electron chi connectivity index (χ4n) is 6.12. The van der Waals surface area contributed by atoms with Gasteiger partial charge in [-0.2, -0.15) is 0 Å². The van der Waals surface area contributed by atoms with Crippen molar-refractivity contribution in [1.82, 2.24) is 0 Å². The van der Waals surface area contributed by atoms with Crippen molar-refractivity contribution in [2.75, 3.05) is 0 Å².